The van der Waals surface area contributed by atoms with Crippen molar-refractivity contribution < 1.29 is 9.47 Å². The van der Waals surface area contributed by atoms with Crippen LogP contribution in [0.4, 0.5) is 5.69 Å². The van der Waals surface area contributed by atoms with Crippen LogP contribution in [-0.4, -0.2) is 17.8 Å². The Labute approximate surface area is 229 Å². The minimum Gasteiger partial charge on any atom is -0.485 e. The zero-order chi connectivity index (χ0) is 28.1. The van der Waals surface area contributed by atoms with E-state index in [9.17, 15) is 4.79 Å². The van der Waals surface area contributed by atoms with E-state index in [0.717, 1.165) is 49.4 Å². The van der Waals surface area contributed by atoms with Gasteiger partial charge in [-0.25, -0.2) is 0 Å². The molecule has 0 fully saturated rings. The van der Waals surface area contributed by atoms with Crippen molar-refractivity contribution in [3.05, 3.63) is 75.1 Å². The van der Waals surface area contributed by atoms with Gasteiger partial charge < -0.3 is 19.8 Å². The topological polar surface area (TPSA) is 66.5 Å². The molecule has 0 bridgehead atoms. The number of pyridine rings is 1. The maximum atomic E-state index is 13.7. The van der Waals surface area contributed by atoms with Crippen molar-refractivity contribution >= 4 is 16.6 Å². The average molecular weight is 521 g/mol. The second-order valence-corrected chi connectivity index (χ2v) is 10.6. The summed E-state index contributed by atoms with van der Waals surface area (Å²) in [6.45, 7) is 16.1. The lowest BCUT2D eigenvalue weighted by molar-refractivity contribution is 0.303. The molecule has 0 unspecified atom stereocenters. The van der Waals surface area contributed by atoms with E-state index in [4.69, 9.17) is 15.2 Å². The number of anilines is 1. The monoisotopic (exact) mass is 520 g/mol. The van der Waals surface area contributed by atoms with E-state index in [-0.39, 0.29) is 11.3 Å². The molecule has 2 aromatic rings. The van der Waals surface area contributed by atoms with Crippen LogP contribution in [0.5, 0.6) is 11.5 Å². The average Bonchev–Trinajstić information content (AvgIpc) is 2.84. The molecule has 1 heterocycles. The lowest BCUT2D eigenvalue weighted by Gasteiger charge is -2.18. The zero-order valence-electron chi connectivity index (χ0n) is 24.7. The van der Waals surface area contributed by atoms with Crippen LogP contribution in [0.25, 0.3) is 10.9 Å². The first kappa shape index (κ1) is 31.0. The minimum absolute atomic E-state index is 0.175. The van der Waals surface area contributed by atoms with Crippen LogP contribution in [0.2, 0.25) is 0 Å². The van der Waals surface area contributed by atoms with Crippen LogP contribution >= 0.6 is 0 Å². The van der Waals surface area contributed by atoms with Gasteiger partial charge in [0.25, 0.3) is 5.56 Å². The number of ether oxygens (including phenoxy) is 2. The number of nitrogens with zero attached hydrogens (tertiary/aromatic N) is 1. The van der Waals surface area contributed by atoms with Crippen LogP contribution in [0.3, 0.4) is 0 Å². The molecular weight excluding hydrogens is 472 g/mol. The van der Waals surface area contributed by atoms with Gasteiger partial charge in [-0.1, -0.05) is 47.8 Å². The number of nitrogen functional groups attached to an aromatic ring is 1. The minimum atomic E-state index is -0.175. The van der Waals surface area contributed by atoms with Crippen molar-refractivity contribution in [3.63, 3.8) is 0 Å². The summed E-state index contributed by atoms with van der Waals surface area (Å²) >= 11 is 0. The van der Waals surface area contributed by atoms with E-state index >= 15 is 0 Å². The SMILES string of the molecule is CCCCn1c(=O)c(OC/C=C(\C)CCC=C(C)C)c(OC/C=C(\C)CCC=C(C)C)c2ccc(N)cc21. The second kappa shape index (κ2) is 15.9. The third-order valence-corrected chi connectivity index (χ3v) is 6.44. The maximum Gasteiger partial charge on any atom is 0.297 e. The number of rotatable bonds is 15. The molecule has 208 valence electrons. The summed E-state index contributed by atoms with van der Waals surface area (Å²) in [4.78, 5) is 13.7. The quantitative estimate of drug-likeness (QED) is 0.189. The molecule has 0 atom stereocenters. The number of nitrogens with two attached hydrogens (primary N) is 1. The van der Waals surface area contributed by atoms with E-state index in [0.29, 0.717) is 31.2 Å². The van der Waals surface area contributed by atoms with Crippen LogP contribution in [0.15, 0.2) is 69.6 Å². The fraction of sp³-hybridized carbons (Fsp3) is 0.485. The number of aromatic nitrogens is 1. The Morgan fingerprint density at radius 3 is 1.92 bits per heavy atom. The van der Waals surface area contributed by atoms with Gasteiger partial charge in [0.05, 0.1) is 5.52 Å². The Morgan fingerprint density at radius 2 is 1.39 bits per heavy atom. The first-order valence-corrected chi connectivity index (χ1v) is 13.9. The van der Waals surface area contributed by atoms with Gasteiger partial charge in [0.2, 0.25) is 5.75 Å². The highest BCUT2D eigenvalue weighted by Crippen LogP contribution is 2.34. The fourth-order valence-corrected chi connectivity index (χ4v) is 4.14. The number of allylic oxidation sites excluding steroid dienone is 6. The first-order chi connectivity index (χ1) is 18.1. The highest BCUT2D eigenvalue weighted by atomic mass is 16.5. The standard InChI is InChI=1S/C33H48N2O3/c1-8-9-20-35-30-23-28(34)16-17-29(30)31(37-21-18-26(6)14-10-12-24(2)3)32(33(35)36)38-22-19-27(7)15-11-13-25(4)5/h12-13,16-19,23H,8-11,14-15,20-22,34H2,1-7H3/b26-18+,27-19+. The van der Waals surface area contributed by atoms with E-state index in [1.54, 1.807) is 4.57 Å². The number of unbranched alkanes of at least 4 members (excludes halogenated alkanes) is 1. The Kier molecular flexibility index (Phi) is 13.0. The second-order valence-electron chi connectivity index (χ2n) is 10.6. The smallest absolute Gasteiger partial charge is 0.297 e. The molecular formula is C33H48N2O3. The number of benzene rings is 1. The zero-order valence-corrected chi connectivity index (χ0v) is 24.7. The lowest BCUT2D eigenvalue weighted by Crippen LogP contribution is -2.24. The van der Waals surface area contributed by atoms with E-state index < -0.39 is 0 Å². The first-order valence-electron chi connectivity index (χ1n) is 13.9. The molecule has 0 spiro atoms. The Balaban J connectivity index is 2.41. The van der Waals surface area contributed by atoms with Gasteiger partial charge in [0, 0.05) is 17.6 Å². The molecule has 0 aliphatic carbocycles. The molecule has 1 aromatic carbocycles. The van der Waals surface area contributed by atoms with Gasteiger partial charge in [0.1, 0.15) is 13.2 Å². The predicted molar refractivity (Wildman–Crippen MR) is 163 cm³/mol. The van der Waals surface area contributed by atoms with Crippen molar-refractivity contribution in [2.75, 3.05) is 18.9 Å². The molecule has 2 rings (SSSR count). The molecule has 0 aliphatic rings. The van der Waals surface area contributed by atoms with Gasteiger partial charge in [-0.2, -0.15) is 0 Å². The van der Waals surface area contributed by atoms with Crippen molar-refractivity contribution in [1.29, 1.82) is 0 Å². The van der Waals surface area contributed by atoms with Gasteiger partial charge in [-0.15, -0.1) is 0 Å². The Hall–Kier alpha value is -3.21. The van der Waals surface area contributed by atoms with Gasteiger partial charge >= 0.3 is 0 Å². The number of fused-ring (bicyclic) bond motifs is 1. The normalized spacial score (nSPS) is 12.0. The molecule has 0 saturated carbocycles. The summed E-state index contributed by atoms with van der Waals surface area (Å²) in [6, 6.07) is 5.64. The summed E-state index contributed by atoms with van der Waals surface area (Å²) in [5, 5.41) is 0.838. The summed E-state index contributed by atoms with van der Waals surface area (Å²) < 4.78 is 14.2. The van der Waals surface area contributed by atoms with E-state index in [1.807, 2.05) is 18.2 Å². The molecule has 1 aromatic heterocycles. The number of hydrogen-bond donors (Lipinski definition) is 1. The summed E-state index contributed by atoms with van der Waals surface area (Å²) in [6.07, 6.45) is 14.4. The van der Waals surface area contributed by atoms with Gasteiger partial charge in [-0.3, -0.25) is 4.79 Å². The highest BCUT2D eigenvalue weighted by molar-refractivity contribution is 5.90. The van der Waals surface area contributed by atoms with Crippen LogP contribution in [-0.2, 0) is 6.54 Å². The predicted octanol–water partition coefficient (Wildman–Crippen LogP) is 8.53. The van der Waals surface area contributed by atoms with Crippen molar-refractivity contribution in [2.24, 2.45) is 0 Å². The lowest BCUT2D eigenvalue weighted by atomic mass is 10.1. The largest absolute Gasteiger partial charge is 0.485 e. The fourth-order valence-electron chi connectivity index (χ4n) is 4.14. The van der Waals surface area contributed by atoms with Gasteiger partial charge in [-0.05, 0) is 104 Å². The summed E-state index contributed by atoms with van der Waals surface area (Å²) in [7, 11) is 0. The summed E-state index contributed by atoms with van der Waals surface area (Å²) in [5.74, 6) is 0.754. The Morgan fingerprint density at radius 1 is 0.842 bits per heavy atom. The highest BCUT2D eigenvalue weighted by Gasteiger charge is 2.19. The molecule has 5 nitrogen and oxygen atoms in total. The number of hydrogen-bond acceptors (Lipinski definition) is 4. The van der Waals surface area contributed by atoms with Crippen molar-refractivity contribution in [2.45, 2.75) is 93.5 Å². The van der Waals surface area contributed by atoms with Crippen LogP contribution < -0.4 is 20.8 Å². The van der Waals surface area contributed by atoms with Crippen LogP contribution in [0, 0.1) is 0 Å². The molecule has 0 saturated heterocycles. The number of aryl methyl sites for hydroxylation is 1. The molecule has 2 N–H and O–H groups in total. The third kappa shape index (κ3) is 9.92. The van der Waals surface area contributed by atoms with E-state index in [1.165, 1.54) is 22.3 Å². The van der Waals surface area contributed by atoms with Crippen molar-refractivity contribution in [3.8, 4) is 11.5 Å². The van der Waals surface area contributed by atoms with Crippen LogP contribution in [0.1, 0.15) is 87.0 Å². The molecule has 0 aliphatic heterocycles. The van der Waals surface area contributed by atoms with Crippen molar-refractivity contribution in [1.82, 2.24) is 4.57 Å². The molecule has 0 amide bonds. The molecule has 38 heavy (non-hydrogen) atoms. The van der Waals surface area contributed by atoms with Gasteiger partial charge in [0.15, 0.2) is 5.75 Å². The van der Waals surface area contributed by atoms with E-state index in [2.05, 4.69) is 72.8 Å². The molecule has 5 heteroatoms. The summed E-state index contributed by atoms with van der Waals surface area (Å²) in [5.41, 5.74) is 12.5. The third-order valence-electron chi connectivity index (χ3n) is 6.44. The Bertz CT molecular complexity index is 1240. The maximum absolute atomic E-state index is 13.7. The molecule has 0 radical (unpaired) electrons.